The number of quaternary nitrogens is 2. The molecule has 0 radical (unpaired) electrons. The van der Waals surface area contributed by atoms with Crippen molar-refractivity contribution < 1.29 is 27.5 Å². The predicted molar refractivity (Wildman–Crippen MR) is 61.0 cm³/mol. The Morgan fingerprint density at radius 3 is 1.33 bits per heavy atom. The highest BCUT2D eigenvalue weighted by atomic mass is 32.3. The highest BCUT2D eigenvalue weighted by Gasteiger charge is 2.45. The van der Waals surface area contributed by atoms with E-state index in [0.29, 0.717) is 0 Å². The molecule has 6 N–H and O–H groups in total. The minimum Gasteiger partial charge on any atom is -0.759 e. The molecule has 0 saturated carbocycles. The van der Waals surface area contributed by atoms with Gasteiger partial charge in [-0.15, -0.1) is 0 Å². The second-order valence-corrected chi connectivity index (χ2v) is 5.71. The average Bonchev–Trinajstić information content (AvgIpc) is 1.93. The SMILES string of the molecule is C[N+]12CN3CN(CN(C3)C1)C2.O.O=S(=O)([O-])[O-].[NH4+]. The van der Waals surface area contributed by atoms with Gasteiger partial charge in [-0.25, -0.2) is 14.7 Å². The van der Waals surface area contributed by atoms with Crippen LogP contribution in [0.3, 0.4) is 0 Å². The maximum Gasteiger partial charge on any atom is 0.139 e. The van der Waals surface area contributed by atoms with Crippen molar-refractivity contribution in [1.82, 2.24) is 20.9 Å². The molecular formula is C7H21N5O5S. The van der Waals surface area contributed by atoms with Crippen molar-refractivity contribution in [3.8, 4) is 0 Å². The van der Waals surface area contributed by atoms with Crippen molar-refractivity contribution in [2.45, 2.75) is 0 Å². The van der Waals surface area contributed by atoms with E-state index in [0.717, 1.165) is 0 Å². The van der Waals surface area contributed by atoms with Crippen molar-refractivity contribution >= 4 is 10.4 Å². The number of hydrogen-bond acceptors (Lipinski definition) is 7. The lowest BCUT2D eigenvalue weighted by Gasteiger charge is -2.59. The van der Waals surface area contributed by atoms with Crippen LogP contribution in [0.25, 0.3) is 0 Å². The normalized spacial score (nSPS) is 40.1. The van der Waals surface area contributed by atoms with Gasteiger partial charge in [0.25, 0.3) is 0 Å². The topological polar surface area (TPSA) is 158 Å². The van der Waals surface area contributed by atoms with Crippen molar-refractivity contribution in [2.75, 3.05) is 47.1 Å². The van der Waals surface area contributed by atoms with Crippen LogP contribution < -0.4 is 6.15 Å². The predicted octanol–water partition coefficient (Wildman–Crippen LogP) is -2.66. The average molecular weight is 287 g/mol. The Morgan fingerprint density at radius 2 is 1.17 bits per heavy atom. The lowest BCUT2D eigenvalue weighted by atomic mass is 10.3. The second kappa shape index (κ2) is 5.73. The summed E-state index contributed by atoms with van der Waals surface area (Å²) in [5, 5.41) is 0. The molecule has 0 atom stereocenters. The largest absolute Gasteiger partial charge is 0.759 e. The van der Waals surface area contributed by atoms with Crippen LogP contribution in [0.15, 0.2) is 0 Å². The van der Waals surface area contributed by atoms with E-state index in [-0.39, 0.29) is 11.6 Å². The van der Waals surface area contributed by atoms with E-state index in [4.69, 9.17) is 17.5 Å². The Labute approximate surface area is 106 Å². The summed E-state index contributed by atoms with van der Waals surface area (Å²) in [6.07, 6.45) is 0. The van der Waals surface area contributed by atoms with E-state index >= 15 is 0 Å². The first-order chi connectivity index (χ1) is 7.23. The van der Waals surface area contributed by atoms with Crippen molar-refractivity contribution in [1.29, 1.82) is 0 Å². The summed E-state index contributed by atoms with van der Waals surface area (Å²) in [5.41, 5.74) is 0. The molecule has 4 heterocycles. The first-order valence-electron chi connectivity index (χ1n) is 4.91. The highest BCUT2D eigenvalue weighted by Crippen LogP contribution is 2.25. The van der Waals surface area contributed by atoms with E-state index in [9.17, 15) is 0 Å². The zero-order valence-electron chi connectivity index (χ0n) is 10.6. The summed E-state index contributed by atoms with van der Waals surface area (Å²) in [6.45, 7) is 7.37. The molecule has 0 aromatic carbocycles. The molecule has 110 valence electrons. The molecule has 4 aliphatic heterocycles. The maximum atomic E-state index is 8.52. The molecule has 18 heavy (non-hydrogen) atoms. The molecule has 0 unspecified atom stereocenters. The lowest BCUT2D eigenvalue weighted by Crippen LogP contribution is -2.77. The van der Waals surface area contributed by atoms with Gasteiger partial charge < -0.3 is 20.7 Å². The molecule has 11 heteroatoms. The fourth-order valence-corrected chi connectivity index (χ4v) is 2.83. The third-order valence-corrected chi connectivity index (χ3v) is 2.82. The van der Waals surface area contributed by atoms with Gasteiger partial charge >= 0.3 is 0 Å². The van der Waals surface area contributed by atoms with Gasteiger partial charge in [0.15, 0.2) is 0 Å². The first-order valence-corrected chi connectivity index (χ1v) is 6.24. The Balaban J connectivity index is 0.000000368. The third-order valence-electron chi connectivity index (χ3n) is 2.82. The molecule has 4 saturated heterocycles. The molecular weight excluding hydrogens is 266 g/mol. The van der Waals surface area contributed by atoms with E-state index in [1.807, 2.05) is 0 Å². The van der Waals surface area contributed by atoms with E-state index in [1.54, 1.807) is 0 Å². The minimum absolute atomic E-state index is 0. The van der Waals surface area contributed by atoms with E-state index in [1.165, 1.54) is 44.5 Å². The van der Waals surface area contributed by atoms with Gasteiger partial charge in [0.1, 0.15) is 20.0 Å². The third kappa shape index (κ3) is 4.72. The highest BCUT2D eigenvalue weighted by molar-refractivity contribution is 7.79. The summed E-state index contributed by atoms with van der Waals surface area (Å²) >= 11 is 0. The van der Waals surface area contributed by atoms with Crippen molar-refractivity contribution in [2.24, 2.45) is 0 Å². The van der Waals surface area contributed by atoms with Crippen LogP contribution in [0.1, 0.15) is 0 Å². The molecule has 0 amide bonds. The quantitative estimate of drug-likeness (QED) is 0.289. The summed E-state index contributed by atoms with van der Waals surface area (Å²) in [5.74, 6) is 0. The van der Waals surface area contributed by atoms with Crippen LogP contribution in [-0.2, 0) is 10.4 Å². The standard InChI is InChI=1S/C7H15N4.H3N.H2O4S.H2O/c1-11-5-8-2-9(6-11)4-10(3-8)7-11;;1-5(2,3)4;/h2-7H2,1H3;1H3;(H2,1,2,3,4);1H2/q+1;;;/p-1. The summed E-state index contributed by atoms with van der Waals surface area (Å²) in [7, 11) is -2.81. The van der Waals surface area contributed by atoms with Crippen LogP contribution in [0, 0.1) is 0 Å². The van der Waals surface area contributed by atoms with Gasteiger partial charge in [0, 0.05) is 10.4 Å². The molecule has 4 aliphatic rings. The second-order valence-electron chi connectivity index (χ2n) is 4.89. The van der Waals surface area contributed by atoms with Gasteiger partial charge in [-0.05, 0) is 0 Å². The van der Waals surface area contributed by atoms with Crippen molar-refractivity contribution in [3.63, 3.8) is 0 Å². The Morgan fingerprint density at radius 1 is 0.944 bits per heavy atom. The summed E-state index contributed by atoms with van der Waals surface area (Å²) in [4.78, 5) is 7.57. The van der Waals surface area contributed by atoms with Gasteiger partial charge in [0.05, 0.1) is 27.1 Å². The molecule has 0 aromatic rings. The van der Waals surface area contributed by atoms with Gasteiger partial charge in [-0.1, -0.05) is 0 Å². The van der Waals surface area contributed by atoms with Gasteiger partial charge in [-0.2, -0.15) is 0 Å². The minimum atomic E-state index is -5.17. The Bertz CT molecular complexity index is 331. The van der Waals surface area contributed by atoms with Gasteiger partial charge in [-0.3, -0.25) is 12.9 Å². The molecule has 10 nitrogen and oxygen atoms in total. The molecule has 0 aliphatic carbocycles. The van der Waals surface area contributed by atoms with E-state index in [2.05, 4.69) is 21.7 Å². The van der Waals surface area contributed by atoms with Crippen LogP contribution in [-0.4, -0.2) is 89.2 Å². The number of rotatable bonds is 0. The van der Waals surface area contributed by atoms with Crippen LogP contribution >= 0.6 is 0 Å². The fraction of sp³-hybridized carbons (Fsp3) is 1.00. The number of hydrogen-bond donors (Lipinski definition) is 1. The van der Waals surface area contributed by atoms with Crippen LogP contribution in [0.2, 0.25) is 0 Å². The monoisotopic (exact) mass is 287 g/mol. The zero-order valence-corrected chi connectivity index (χ0v) is 11.4. The molecule has 0 aromatic heterocycles. The lowest BCUT2D eigenvalue weighted by molar-refractivity contribution is -0.963. The smallest absolute Gasteiger partial charge is 0.139 e. The molecule has 4 fully saturated rings. The summed E-state index contributed by atoms with van der Waals surface area (Å²) < 4.78 is 35.3. The first kappa shape index (κ1) is 17.6. The summed E-state index contributed by atoms with van der Waals surface area (Å²) in [6, 6.07) is 0. The maximum absolute atomic E-state index is 8.52. The number of nitrogens with zero attached hydrogens (tertiary/aromatic N) is 4. The van der Waals surface area contributed by atoms with E-state index < -0.39 is 10.4 Å². The molecule has 4 rings (SSSR count). The molecule has 4 bridgehead atoms. The molecule has 0 spiro atoms. The fourth-order valence-electron chi connectivity index (χ4n) is 2.83. The zero-order chi connectivity index (χ0) is 12.0. The van der Waals surface area contributed by atoms with Crippen molar-refractivity contribution in [3.05, 3.63) is 0 Å². The van der Waals surface area contributed by atoms with Crippen LogP contribution in [0.4, 0.5) is 0 Å². The Kier molecular flexibility index (Phi) is 5.61. The van der Waals surface area contributed by atoms with Gasteiger partial charge in [0.2, 0.25) is 0 Å². The Hall–Kier alpha value is -0.370. The van der Waals surface area contributed by atoms with Crippen LogP contribution in [0.5, 0.6) is 0 Å².